The molecule has 0 fully saturated rings. The van der Waals surface area contributed by atoms with E-state index in [-0.39, 0.29) is 18.8 Å². The predicted octanol–water partition coefficient (Wildman–Crippen LogP) is 2.47. The third-order valence-corrected chi connectivity index (χ3v) is 2.93. The second kappa shape index (κ2) is 6.02. The molecule has 5 heteroatoms. The van der Waals surface area contributed by atoms with Crippen molar-refractivity contribution in [3.05, 3.63) is 35.1 Å². The Labute approximate surface area is 112 Å². The van der Waals surface area contributed by atoms with Crippen LogP contribution >= 0.6 is 0 Å². The van der Waals surface area contributed by atoms with Crippen molar-refractivity contribution in [2.24, 2.45) is 5.73 Å². The Morgan fingerprint density at radius 2 is 2.16 bits per heavy atom. The van der Waals surface area contributed by atoms with Gasteiger partial charge in [-0.05, 0) is 38.8 Å². The summed E-state index contributed by atoms with van der Waals surface area (Å²) in [6.45, 7) is 4.97. The molecule has 19 heavy (non-hydrogen) atoms. The molecule has 0 aliphatic heterocycles. The van der Waals surface area contributed by atoms with Crippen LogP contribution in [0, 0.1) is 12.7 Å². The summed E-state index contributed by atoms with van der Waals surface area (Å²) in [6.07, 6.45) is -0.598. The second-order valence-corrected chi connectivity index (χ2v) is 5.29. The minimum Gasteiger partial charge on any atom is -0.444 e. The van der Waals surface area contributed by atoms with Gasteiger partial charge in [0.2, 0.25) is 0 Å². The Balaban J connectivity index is 2.95. The highest BCUT2D eigenvalue weighted by atomic mass is 19.1. The van der Waals surface area contributed by atoms with Gasteiger partial charge < -0.3 is 15.6 Å². The molecule has 0 saturated carbocycles. The molecule has 0 aliphatic rings. The van der Waals surface area contributed by atoms with E-state index >= 15 is 0 Å². The van der Waals surface area contributed by atoms with Crippen molar-refractivity contribution in [1.29, 1.82) is 0 Å². The standard InChI is InChI=1S/C14H20FNO3/c1-9-4-5-12(15)11(6-9)10(8-17)7-14(2,3)19-13(16)18/h4-6,10,17H,7-8H2,1-3H3,(H2,16,18)/t10-/m0/s1. The summed E-state index contributed by atoms with van der Waals surface area (Å²) in [5.74, 6) is -0.825. The molecule has 0 spiro atoms. The van der Waals surface area contributed by atoms with Gasteiger partial charge in [0, 0.05) is 5.92 Å². The van der Waals surface area contributed by atoms with E-state index in [1.807, 2.05) is 6.92 Å². The summed E-state index contributed by atoms with van der Waals surface area (Å²) >= 11 is 0. The first-order valence-electron chi connectivity index (χ1n) is 6.10. The van der Waals surface area contributed by atoms with Gasteiger partial charge in [-0.3, -0.25) is 0 Å². The van der Waals surface area contributed by atoms with E-state index in [2.05, 4.69) is 0 Å². The van der Waals surface area contributed by atoms with Crippen molar-refractivity contribution in [3.63, 3.8) is 0 Å². The fourth-order valence-electron chi connectivity index (χ4n) is 2.16. The smallest absolute Gasteiger partial charge is 0.405 e. The van der Waals surface area contributed by atoms with Crippen LogP contribution in [0.25, 0.3) is 0 Å². The molecule has 4 nitrogen and oxygen atoms in total. The fraction of sp³-hybridized carbons (Fsp3) is 0.500. The predicted molar refractivity (Wildman–Crippen MR) is 70.3 cm³/mol. The Hall–Kier alpha value is -1.62. The number of aliphatic hydroxyl groups is 1. The molecule has 3 N–H and O–H groups in total. The van der Waals surface area contributed by atoms with E-state index < -0.39 is 17.6 Å². The molecule has 1 rings (SSSR count). The van der Waals surface area contributed by atoms with Crippen molar-refractivity contribution in [2.45, 2.75) is 38.7 Å². The minimum atomic E-state index is -0.883. The number of ether oxygens (including phenoxy) is 1. The van der Waals surface area contributed by atoms with Crippen molar-refractivity contribution < 1.29 is 19.0 Å². The Kier molecular flexibility index (Phi) is 4.89. The number of rotatable bonds is 5. The first-order chi connectivity index (χ1) is 8.75. The van der Waals surface area contributed by atoms with Gasteiger partial charge >= 0.3 is 6.09 Å². The van der Waals surface area contributed by atoms with Crippen molar-refractivity contribution in [1.82, 2.24) is 0 Å². The molecule has 1 aromatic rings. The van der Waals surface area contributed by atoms with Gasteiger partial charge in [0.15, 0.2) is 0 Å². The summed E-state index contributed by atoms with van der Waals surface area (Å²) in [4.78, 5) is 10.8. The lowest BCUT2D eigenvalue weighted by Gasteiger charge is -2.28. The molecular formula is C14H20FNO3. The average molecular weight is 269 g/mol. The number of halogens is 1. The van der Waals surface area contributed by atoms with Gasteiger partial charge in [-0.1, -0.05) is 17.7 Å². The molecule has 0 aliphatic carbocycles. The average Bonchev–Trinajstić information content (AvgIpc) is 2.27. The molecule has 0 bridgehead atoms. The first-order valence-corrected chi connectivity index (χ1v) is 6.10. The number of nitrogens with two attached hydrogens (primary N) is 1. The zero-order chi connectivity index (χ0) is 14.6. The van der Waals surface area contributed by atoms with Crippen molar-refractivity contribution in [3.8, 4) is 0 Å². The summed E-state index contributed by atoms with van der Waals surface area (Å²) in [5, 5.41) is 9.45. The number of primary amides is 1. The number of aryl methyl sites for hydroxylation is 1. The van der Waals surface area contributed by atoms with Gasteiger partial charge in [-0.2, -0.15) is 0 Å². The summed E-state index contributed by atoms with van der Waals surface area (Å²) in [6, 6.07) is 4.73. The number of amides is 1. The largest absolute Gasteiger partial charge is 0.444 e. The maximum absolute atomic E-state index is 13.8. The van der Waals surface area contributed by atoms with Gasteiger partial charge in [-0.15, -0.1) is 0 Å². The lowest BCUT2D eigenvalue weighted by molar-refractivity contribution is 0.0282. The summed E-state index contributed by atoms with van der Waals surface area (Å²) in [5.41, 5.74) is 5.45. The number of hydrogen-bond donors (Lipinski definition) is 2. The number of benzene rings is 1. The molecule has 0 heterocycles. The molecule has 0 saturated heterocycles. The topological polar surface area (TPSA) is 72.6 Å². The molecule has 106 valence electrons. The molecule has 1 aromatic carbocycles. The van der Waals surface area contributed by atoms with E-state index in [0.717, 1.165) is 5.56 Å². The molecule has 1 amide bonds. The monoisotopic (exact) mass is 269 g/mol. The zero-order valence-corrected chi connectivity index (χ0v) is 11.4. The van der Waals surface area contributed by atoms with E-state index in [1.165, 1.54) is 6.07 Å². The maximum Gasteiger partial charge on any atom is 0.405 e. The first kappa shape index (κ1) is 15.4. The second-order valence-electron chi connectivity index (χ2n) is 5.29. The highest BCUT2D eigenvalue weighted by Gasteiger charge is 2.28. The molecular weight excluding hydrogens is 249 g/mol. The Bertz CT molecular complexity index is 460. The third-order valence-electron chi connectivity index (χ3n) is 2.93. The Morgan fingerprint density at radius 3 is 2.68 bits per heavy atom. The number of hydrogen-bond acceptors (Lipinski definition) is 3. The highest BCUT2D eigenvalue weighted by molar-refractivity contribution is 5.65. The number of aliphatic hydroxyl groups excluding tert-OH is 1. The molecule has 1 atom stereocenters. The fourth-order valence-corrected chi connectivity index (χ4v) is 2.16. The van der Waals surface area contributed by atoms with Crippen LogP contribution in [0.5, 0.6) is 0 Å². The number of carbonyl (C=O) groups excluding carboxylic acids is 1. The lowest BCUT2D eigenvalue weighted by atomic mass is 9.87. The van der Waals surface area contributed by atoms with E-state index in [9.17, 15) is 14.3 Å². The summed E-state index contributed by atoms with van der Waals surface area (Å²) in [7, 11) is 0. The van der Waals surface area contributed by atoms with Crippen molar-refractivity contribution >= 4 is 6.09 Å². The number of carbonyl (C=O) groups is 1. The van der Waals surface area contributed by atoms with Gasteiger partial charge in [0.25, 0.3) is 0 Å². The highest BCUT2D eigenvalue weighted by Crippen LogP contribution is 2.30. The van der Waals surface area contributed by atoms with E-state index in [4.69, 9.17) is 10.5 Å². The lowest BCUT2D eigenvalue weighted by Crippen LogP contribution is -2.33. The molecule has 0 radical (unpaired) electrons. The summed E-state index contributed by atoms with van der Waals surface area (Å²) < 4.78 is 18.8. The molecule has 0 unspecified atom stereocenters. The van der Waals surface area contributed by atoms with Crippen molar-refractivity contribution in [2.75, 3.05) is 6.61 Å². The molecule has 0 aromatic heterocycles. The van der Waals surface area contributed by atoms with Crippen LogP contribution in [0.3, 0.4) is 0 Å². The van der Waals surface area contributed by atoms with Crippen LogP contribution in [-0.2, 0) is 4.74 Å². The quantitative estimate of drug-likeness (QED) is 0.862. The van der Waals surface area contributed by atoms with E-state index in [1.54, 1.807) is 26.0 Å². The van der Waals surface area contributed by atoms with E-state index in [0.29, 0.717) is 5.56 Å². The van der Waals surface area contributed by atoms with Gasteiger partial charge in [-0.25, -0.2) is 9.18 Å². The van der Waals surface area contributed by atoms with Crippen LogP contribution in [-0.4, -0.2) is 23.4 Å². The van der Waals surface area contributed by atoms with Gasteiger partial charge in [0.1, 0.15) is 11.4 Å². The van der Waals surface area contributed by atoms with Crippen LogP contribution in [0.1, 0.15) is 37.3 Å². The van der Waals surface area contributed by atoms with Gasteiger partial charge in [0.05, 0.1) is 6.61 Å². The maximum atomic E-state index is 13.8. The van der Waals surface area contributed by atoms with Crippen LogP contribution in [0.4, 0.5) is 9.18 Å². The Morgan fingerprint density at radius 1 is 1.53 bits per heavy atom. The van der Waals surface area contributed by atoms with Crippen LogP contribution < -0.4 is 5.73 Å². The van der Waals surface area contributed by atoms with Crippen LogP contribution in [0.2, 0.25) is 0 Å². The normalized spacial score (nSPS) is 13.1. The third kappa shape index (κ3) is 4.52. The van der Waals surface area contributed by atoms with Crippen LogP contribution in [0.15, 0.2) is 18.2 Å². The minimum absolute atomic E-state index is 0.230. The zero-order valence-electron chi connectivity index (χ0n) is 11.4. The SMILES string of the molecule is Cc1ccc(F)c([C@H](CO)CC(C)(C)OC(N)=O)c1.